The van der Waals surface area contributed by atoms with Gasteiger partial charge in [0.25, 0.3) is 5.91 Å². The third-order valence-corrected chi connectivity index (χ3v) is 1.62. The summed E-state index contributed by atoms with van der Waals surface area (Å²) in [6.07, 6.45) is -4.79. The molecule has 8 heteroatoms. The second-order valence-electron chi connectivity index (χ2n) is 3.83. The molecule has 0 saturated heterocycles. The van der Waals surface area contributed by atoms with Crippen molar-refractivity contribution in [1.29, 1.82) is 0 Å². The third-order valence-electron chi connectivity index (χ3n) is 1.62. The largest absolute Gasteiger partial charge is 0.481 e. The van der Waals surface area contributed by atoms with Crippen LogP contribution in [0.5, 0.6) is 0 Å². The number of carbonyl (C=O) groups excluding carboxylic acids is 1. The number of hydrogen-bond donors (Lipinski definition) is 2. The number of nitrogens with one attached hydrogen (secondary N) is 1. The molecule has 16 heavy (non-hydrogen) atoms. The van der Waals surface area contributed by atoms with Gasteiger partial charge in [0, 0.05) is 5.54 Å². The lowest BCUT2D eigenvalue weighted by Gasteiger charge is -2.26. The molecule has 94 valence electrons. The summed E-state index contributed by atoms with van der Waals surface area (Å²) in [5.74, 6) is -8.35. The fourth-order valence-electron chi connectivity index (χ4n) is 0.912. The van der Waals surface area contributed by atoms with Crippen molar-refractivity contribution < 1.29 is 32.3 Å². The summed E-state index contributed by atoms with van der Waals surface area (Å²) in [6.45, 7) is 2.28. The monoisotopic (exact) mass is 245 g/mol. The zero-order chi connectivity index (χ0) is 13.1. The van der Waals surface area contributed by atoms with Crippen molar-refractivity contribution in [2.45, 2.75) is 38.2 Å². The van der Waals surface area contributed by atoms with Gasteiger partial charge in [0.2, 0.25) is 0 Å². The average Bonchev–Trinajstić information content (AvgIpc) is 1.99. The highest BCUT2D eigenvalue weighted by Gasteiger charge is 2.50. The minimum absolute atomic E-state index is 0.655. The van der Waals surface area contributed by atoms with E-state index in [1.807, 2.05) is 0 Å². The zero-order valence-electron chi connectivity index (χ0n) is 8.56. The Morgan fingerprint density at radius 1 is 1.31 bits per heavy atom. The Morgan fingerprint density at radius 2 is 1.75 bits per heavy atom. The predicted molar refractivity (Wildman–Crippen MR) is 45.4 cm³/mol. The molecule has 0 aromatic heterocycles. The van der Waals surface area contributed by atoms with Crippen molar-refractivity contribution in [2.75, 3.05) is 0 Å². The Hall–Kier alpha value is -1.34. The minimum atomic E-state index is -4.82. The summed E-state index contributed by atoms with van der Waals surface area (Å²) in [6, 6.07) is 0. The van der Waals surface area contributed by atoms with Crippen molar-refractivity contribution in [1.82, 2.24) is 5.32 Å². The van der Waals surface area contributed by atoms with E-state index in [9.17, 15) is 27.2 Å². The van der Waals surface area contributed by atoms with Crippen LogP contribution in [0.3, 0.4) is 0 Å². The molecule has 0 bridgehead atoms. The maximum Gasteiger partial charge on any atom is 0.383 e. The fraction of sp³-hybridized carbons (Fsp3) is 0.750. The first-order valence-electron chi connectivity index (χ1n) is 4.19. The number of amides is 1. The van der Waals surface area contributed by atoms with Crippen LogP contribution in [0.25, 0.3) is 0 Å². The normalized spacial score (nSPS) is 12.7. The lowest BCUT2D eigenvalue weighted by molar-refractivity contribution is -0.171. The van der Waals surface area contributed by atoms with E-state index in [1.165, 1.54) is 0 Å². The van der Waals surface area contributed by atoms with Crippen LogP contribution >= 0.6 is 0 Å². The third kappa shape index (κ3) is 4.03. The molecule has 4 nitrogen and oxygen atoms in total. The van der Waals surface area contributed by atoms with E-state index in [1.54, 1.807) is 5.32 Å². The summed E-state index contributed by atoms with van der Waals surface area (Å²) in [4.78, 5) is 21.1. The van der Waals surface area contributed by atoms with Gasteiger partial charge in [-0.3, -0.25) is 9.59 Å². The van der Waals surface area contributed by atoms with Crippen molar-refractivity contribution in [3.8, 4) is 0 Å². The Balaban J connectivity index is 4.62. The van der Waals surface area contributed by atoms with Gasteiger partial charge < -0.3 is 10.4 Å². The van der Waals surface area contributed by atoms with Crippen molar-refractivity contribution in [2.24, 2.45) is 0 Å². The van der Waals surface area contributed by atoms with Gasteiger partial charge in [0.15, 0.2) is 0 Å². The quantitative estimate of drug-likeness (QED) is 0.716. The number of alkyl halides is 4. The van der Waals surface area contributed by atoms with Gasteiger partial charge in [-0.15, -0.1) is 0 Å². The van der Waals surface area contributed by atoms with Crippen LogP contribution in [0.1, 0.15) is 20.3 Å². The molecule has 0 radical (unpaired) electrons. The molecule has 0 aliphatic rings. The standard InChI is InChI=1S/C8H11F4NO3/c1-7(2,3-4(14)15)13-6(16)8(11,12)5(9)10/h5H,3H2,1-2H3,(H,13,16)(H,14,15). The maximum absolute atomic E-state index is 12.5. The molecule has 0 fully saturated rings. The molecule has 0 atom stereocenters. The molecule has 0 unspecified atom stereocenters. The number of carboxylic acids is 1. The summed E-state index contributed by atoms with van der Waals surface area (Å²) in [5, 5.41) is 9.95. The van der Waals surface area contributed by atoms with Gasteiger partial charge >= 0.3 is 18.3 Å². The van der Waals surface area contributed by atoms with E-state index in [0.29, 0.717) is 0 Å². The molecule has 0 rings (SSSR count). The molecule has 0 saturated carbocycles. The molecule has 0 spiro atoms. The van der Waals surface area contributed by atoms with Crippen LogP contribution in [-0.4, -0.2) is 34.9 Å². The van der Waals surface area contributed by atoms with Crippen molar-refractivity contribution in [3.63, 3.8) is 0 Å². The highest BCUT2D eigenvalue weighted by molar-refractivity contribution is 5.85. The number of aliphatic carboxylic acids is 1. The second kappa shape index (κ2) is 4.67. The first kappa shape index (κ1) is 14.7. The lowest BCUT2D eigenvalue weighted by Crippen LogP contribution is -2.53. The summed E-state index contributed by atoms with van der Waals surface area (Å²) < 4.78 is 48.5. The summed E-state index contributed by atoms with van der Waals surface area (Å²) in [5.41, 5.74) is -1.53. The van der Waals surface area contributed by atoms with Crippen LogP contribution < -0.4 is 5.32 Å². The smallest absolute Gasteiger partial charge is 0.383 e. The molecule has 0 aromatic carbocycles. The Labute approximate surface area is 88.6 Å². The molecule has 1 amide bonds. The first-order chi connectivity index (χ1) is 6.99. The van der Waals surface area contributed by atoms with Gasteiger partial charge in [-0.2, -0.15) is 8.78 Å². The topological polar surface area (TPSA) is 66.4 Å². The van der Waals surface area contributed by atoms with Gasteiger partial charge in [0.1, 0.15) is 0 Å². The van der Waals surface area contributed by atoms with E-state index in [2.05, 4.69) is 0 Å². The van der Waals surface area contributed by atoms with Crippen LogP contribution in [0, 0.1) is 0 Å². The van der Waals surface area contributed by atoms with Gasteiger partial charge in [-0.1, -0.05) is 0 Å². The molecule has 0 aromatic rings. The average molecular weight is 245 g/mol. The number of carboxylic acid groups (broad SMARTS) is 1. The molecule has 2 N–H and O–H groups in total. The van der Waals surface area contributed by atoms with Gasteiger partial charge in [0.05, 0.1) is 6.42 Å². The van der Waals surface area contributed by atoms with Crippen LogP contribution in [0.4, 0.5) is 17.6 Å². The zero-order valence-corrected chi connectivity index (χ0v) is 8.56. The molecular formula is C8H11F4NO3. The van der Waals surface area contributed by atoms with Crippen LogP contribution in [0.15, 0.2) is 0 Å². The number of hydrogen-bond acceptors (Lipinski definition) is 2. The van der Waals surface area contributed by atoms with Crippen molar-refractivity contribution in [3.05, 3.63) is 0 Å². The SMILES string of the molecule is CC(C)(CC(=O)O)NC(=O)C(F)(F)C(F)F. The molecule has 0 aliphatic heterocycles. The van der Waals surface area contributed by atoms with Crippen LogP contribution in [-0.2, 0) is 9.59 Å². The summed E-state index contributed by atoms with van der Waals surface area (Å²) >= 11 is 0. The fourth-order valence-corrected chi connectivity index (χ4v) is 0.912. The number of halogens is 4. The van der Waals surface area contributed by atoms with Crippen molar-refractivity contribution >= 4 is 11.9 Å². The predicted octanol–water partition coefficient (Wildman–Crippen LogP) is 1.26. The van der Waals surface area contributed by atoms with E-state index >= 15 is 0 Å². The Bertz CT molecular complexity index is 291. The Kier molecular flexibility index (Phi) is 4.28. The second-order valence-corrected chi connectivity index (χ2v) is 3.83. The van der Waals surface area contributed by atoms with E-state index in [-0.39, 0.29) is 0 Å². The minimum Gasteiger partial charge on any atom is -0.481 e. The number of carbonyl (C=O) groups is 2. The van der Waals surface area contributed by atoms with E-state index in [0.717, 1.165) is 13.8 Å². The highest BCUT2D eigenvalue weighted by Crippen LogP contribution is 2.24. The molecular weight excluding hydrogens is 234 g/mol. The number of rotatable bonds is 5. The molecule has 0 aliphatic carbocycles. The first-order valence-corrected chi connectivity index (χ1v) is 4.19. The van der Waals surface area contributed by atoms with E-state index in [4.69, 9.17) is 5.11 Å². The molecule has 0 heterocycles. The van der Waals surface area contributed by atoms with E-state index < -0.39 is 36.2 Å². The van der Waals surface area contributed by atoms with Crippen LogP contribution in [0.2, 0.25) is 0 Å². The van der Waals surface area contributed by atoms with Gasteiger partial charge in [-0.05, 0) is 13.8 Å². The van der Waals surface area contributed by atoms with Gasteiger partial charge in [-0.25, -0.2) is 8.78 Å². The highest BCUT2D eigenvalue weighted by atomic mass is 19.3. The summed E-state index contributed by atoms with van der Waals surface area (Å²) in [7, 11) is 0. The maximum atomic E-state index is 12.5. The lowest BCUT2D eigenvalue weighted by atomic mass is 10.0. The Morgan fingerprint density at radius 3 is 2.06 bits per heavy atom.